The Labute approximate surface area is 260 Å². The molecular weight excluding hydrogens is 635 g/mol. The topological polar surface area (TPSA) is 229 Å². The smallest absolute Gasteiger partial charge is 0.329 e. The number of esters is 2. The van der Waals surface area contributed by atoms with Gasteiger partial charge in [-0.3, -0.25) is 28.8 Å². The number of nitrogens with two attached hydrogens (primary N) is 1. The number of carbonyl (C=O) groups is 8. The maximum absolute atomic E-state index is 11.5. The van der Waals surface area contributed by atoms with Gasteiger partial charge in [-0.05, 0) is 6.92 Å². The zero-order chi connectivity index (χ0) is 32.8. The summed E-state index contributed by atoms with van der Waals surface area (Å²) in [6.45, 7) is 6.65. The van der Waals surface area contributed by atoms with Crippen LogP contribution < -0.4 is 27.0 Å². The molecule has 0 aromatic carbocycles. The summed E-state index contributed by atoms with van der Waals surface area (Å²) in [5, 5.41) is 9.93. The average molecular weight is 674 g/mol. The first-order chi connectivity index (χ1) is 19.5. The van der Waals surface area contributed by atoms with Crippen molar-refractivity contribution in [2.45, 2.75) is 58.8 Å². The van der Waals surface area contributed by atoms with Gasteiger partial charge in [0, 0.05) is 50.7 Å². The molecule has 0 rings (SSSR count). The van der Waals surface area contributed by atoms with Gasteiger partial charge in [0.25, 0.3) is 0 Å². The minimum atomic E-state index is -0.766. The van der Waals surface area contributed by atoms with Crippen molar-refractivity contribution in [1.82, 2.24) is 21.3 Å². The molecule has 0 saturated heterocycles. The summed E-state index contributed by atoms with van der Waals surface area (Å²) in [6.07, 6.45) is 0. The third-order valence-electron chi connectivity index (χ3n) is 4.42. The van der Waals surface area contributed by atoms with Crippen LogP contribution in [0.1, 0.15) is 34.6 Å². The predicted octanol–water partition coefficient (Wildman–Crippen LogP) is -0.825. The normalized spacial score (nSPS) is 12.9. The lowest BCUT2D eigenvalue weighted by Gasteiger charge is -2.16. The molecule has 0 spiro atoms. The monoisotopic (exact) mass is 673 g/mol. The summed E-state index contributed by atoms with van der Waals surface area (Å²) >= 11 is 0. The molecule has 0 bridgehead atoms. The van der Waals surface area contributed by atoms with Gasteiger partial charge >= 0.3 is 11.9 Å². The Bertz CT molecular complexity index is 883. The van der Waals surface area contributed by atoms with Gasteiger partial charge in [-0.15, -0.1) is 0 Å². The van der Waals surface area contributed by atoms with Gasteiger partial charge in [0.1, 0.15) is 18.1 Å². The van der Waals surface area contributed by atoms with Crippen molar-refractivity contribution in [3.8, 4) is 0 Å². The number of nitrogens with one attached hydrogen (secondary N) is 4. The third-order valence-corrected chi connectivity index (χ3v) is 9.27. The van der Waals surface area contributed by atoms with E-state index in [1.54, 1.807) is 0 Å². The van der Waals surface area contributed by atoms with Crippen LogP contribution in [0.5, 0.6) is 0 Å². The van der Waals surface area contributed by atoms with Crippen LogP contribution in [0.2, 0.25) is 0 Å². The number of Topliss-reactive ketones (excluding diaryl/α,β-unsaturated/α-hetero) is 1. The molecule has 0 aliphatic carbocycles. The van der Waals surface area contributed by atoms with Gasteiger partial charge in [0.05, 0.1) is 20.3 Å². The standard InChI is InChI=1S/C12H20N2O6S2.C11H19N3O4S2/c1-7(15)13-9(11(17)19-3)5-21-22-6-10(12(18)20-4)14-8(2)16;1-6(15)9(13-7(2)16)4-19-20-5-10(11(12)18)14-8(3)17/h9-10H,5-6H2,1-4H3,(H,13,15)(H,14,16);9-10H,4-5H2,1-3H3,(H2,12,18)(H,13,16)(H,14,17)/t2*9-,10-/m00/s1. The van der Waals surface area contributed by atoms with Crippen molar-refractivity contribution in [1.29, 1.82) is 0 Å². The van der Waals surface area contributed by atoms with E-state index in [4.69, 9.17) is 5.73 Å². The number of ketones is 1. The maximum atomic E-state index is 11.5. The zero-order valence-electron chi connectivity index (χ0n) is 24.4. The molecule has 19 heteroatoms. The van der Waals surface area contributed by atoms with Crippen molar-refractivity contribution < 1.29 is 47.8 Å². The first kappa shape index (κ1) is 41.5. The van der Waals surface area contributed by atoms with Gasteiger partial charge in [0.15, 0.2) is 5.78 Å². The summed E-state index contributed by atoms with van der Waals surface area (Å²) < 4.78 is 9.18. The fraction of sp³-hybridized carbons (Fsp3) is 0.652. The molecule has 0 aliphatic rings. The highest BCUT2D eigenvalue weighted by Gasteiger charge is 2.23. The van der Waals surface area contributed by atoms with E-state index in [2.05, 4.69) is 30.7 Å². The minimum absolute atomic E-state index is 0.137. The number of carbonyl (C=O) groups excluding carboxylic acids is 8. The Morgan fingerprint density at radius 3 is 1.05 bits per heavy atom. The Kier molecular flexibility index (Phi) is 23.6. The summed E-state index contributed by atoms with van der Waals surface area (Å²) in [4.78, 5) is 89.2. The van der Waals surface area contributed by atoms with E-state index in [0.29, 0.717) is 11.5 Å². The van der Waals surface area contributed by atoms with Crippen molar-refractivity contribution in [3.63, 3.8) is 0 Å². The molecule has 0 radical (unpaired) electrons. The first-order valence-electron chi connectivity index (χ1n) is 12.1. The first-order valence-corrected chi connectivity index (χ1v) is 17.1. The molecule has 0 saturated carbocycles. The number of primary amides is 1. The van der Waals surface area contributed by atoms with Gasteiger partial charge < -0.3 is 36.5 Å². The van der Waals surface area contributed by atoms with Gasteiger partial charge in [-0.1, -0.05) is 43.2 Å². The molecule has 0 heterocycles. The average Bonchev–Trinajstić information content (AvgIpc) is 2.88. The number of methoxy groups -OCH3 is 2. The lowest BCUT2D eigenvalue weighted by Crippen LogP contribution is -2.45. The zero-order valence-corrected chi connectivity index (χ0v) is 27.7. The fourth-order valence-electron chi connectivity index (χ4n) is 2.52. The highest BCUT2D eigenvalue weighted by atomic mass is 33.1. The molecule has 15 nitrogen and oxygen atoms in total. The van der Waals surface area contributed by atoms with Crippen LogP contribution in [0.25, 0.3) is 0 Å². The van der Waals surface area contributed by atoms with Crippen LogP contribution >= 0.6 is 43.2 Å². The summed E-state index contributed by atoms with van der Waals surface area (Å²) in [5.41, 5.74) is 5.15. The van der Waals surface area contributed by atoms with E-state index in [1.807, 2.05) is 0 Å². The molecule has 4 atom stereocenters. The molecule has 6 N–H and O–H groups in total. The van der Waals surface area contributed by atoms with Gasteiger partial charge in [0.2, 0.25) is 29.5 Å². The second-order valence-electron chi connectivity index (χ2n) is 8.21. The predicted molar refractivity (Wildman–Crippen MR) is 164 cm³/mol. The van der Waals surface area contributed by atoms with Crippen molar-refractivity contribution in [2.24, 2.45) is 5.73 Å². The van der Waals surface area contributed by atoms with E-state index in [9.17, 15) is 38.4 Å². The Morgan fingerprint density at radius 2 is 0.786 bits per heavy atom. The molecule has 5 amide bonds. The fourth-order valence-corrected chi connectivity index (χ4v) is 7.24. The van der Waals surface area contributed by atoms with E-state index in [-0.39, 0.29) is 40.9 Å². The molecule has 0 unspecified atom stereocenters. The van der Waals surface area contributed by atoms with Crippen molar-refractivity contribution in [2.75, 3.05) is 37.2 Å². The second kappa shape index (κ2) is 23.9. The number of hydrogen-bond acceptors (Lipinski definition) is 14. The number of rotatable bonds is 18. The summed E-state index contributed by atoms with van der Waals surface area (Å²) in [6, 6.07) is -2.84. The SMILES string of the molecule is CC(=O)N[C@@H](CSSC[C@H](NC(C)=O)C(N)=O)C(C)=O.COC(=O)[C@H](CSSC[C@H](NC(C)=O)C(=O)OC)NC(C)=O. The van der Waals surface area contributed by atoms with Crippen LogP contribution in [-0.2, 0) is 47.8 Å². The molecule has 0 fully saturated rings. The molecule has 0 aromatic heterocycles. The van der Waals surface area contributed by atoms with Crippen molar-refractivity contribution >= 4 is 90.4 Å². The van der Waals surface area contributed by atoms with Crippen molar-refractivity contribution in [3.05, 3.63) is 0 Å². The van der Waals surface area contributed by atoms with Crippen LogP contribution in [-0.4, -0.2) is 109 Å². The molecular formula is C23H39N5O10S4. The van der Waals surface area contributed by atoms with Crippen LogP contribution in [0.4, 0.5) is 0 Å². The summed E-state index contributed by atoms with van der Waals surface area (Å²) in [7, 11) is 7.64. The van der Waals surface area contributed by atoms with E-state index in [0.717, 1.165) is 0 Å². The molecule has 0 aromatic rings. The van der Waals surface area contributed by atoms with Crippen LogP contribution in [0.3, 0.4) is 0 Å². The van der Waals surface area contributed by atoms with E-state index >= 15 is 0 Å². The van der Waals surface area contributed by atoms with Gasteiger partial charge in [-0.25, -0.2) is 9.59 Å². The molecule has 240 valence electrons. The quantitative estimate of drug-likeness (QED) is 0.0680. The number of ether oxygens (including phenoxy) is 2. The Balaban J connectivity index is 0. The van der Waals surface area contributed by atoms with Crippen LogP contribution in [0, 0.1) is 0 Å². The maximum Gasteiger partial charge on any atom is 0.329 e. The lowest BCUT2D eigenvalue weighted by atomic mass is 10.2. The highest BCUT2D eigenvalue weighted by molar-refractivity contribution is 8.77. The number of amides is 5. The van der Waals surface area contributed by atoms with E-state index in [1.165, 1.54) is 92.0 Å². The Morgan fingerprint density at radius 1 is 0.524 bits per heavy atom. The van der Waals surface area contributed by atoms with E-state index < -0.39 is 42.0 Å². The minimum Gasteiger partial charge on any atom is -0.467 e. The molecule has 0 aliphatic heterocycles. The number of hydrogen-bond donors (Lipinski definition) is 5. The largest absolute Gasteiger partial charge is 0.467 e. The lowest BCUT2D eigenvalue weighted by molar-refractivity contribution is -0.144. The summed E-state index contributed by atoms with van der Waals surface area (Å²) in [5.74, 6) is -1.92. The Hall–Kier alpha value is -2.64. The highest BCUT2D eigenvalue weighted by Crippen LogP contribution is 2.24. The van der Waals surface area contributed by atoms with Crippen LogP contribution in [0.15, 0.2) is 0 Å². The van der Waals surface area contributed by atoms with Gasteiger partial charge in [-0.2, -0.15) is 0 Å². The third kappa shape index (κ3) is 22.0. The second-order valence-corrected chi connectivity index (χ2v) is 13.3. The molecule has 42 heavy (non-hydrogen) atoms.